The summed E-state index contributed by atoms with van der Waals surface area (Å²) >= 11 is 6.16. The predicted molar refractivity (Wildman–Crippen MR) is 65.4 cm³/mol. The predicted octanol–water partition coefficient (Wildman–Crippen LogP) is 3.03. The van der Waals surface area contributed by atoms with Crippen molar-refractivity contribution in [2.24, 2.45) is 0 Å². The summed E-state index contributed by atoms with van der Waals surface area (Å²) in [5, 5.41) is 10.8. The van der Waals surface area contributed by atoms with Crippen LogP contribution in [-0.2, 0) is 6.42 Å². The van der Waals surface area contributed by atoms with Crippen molar-refractivity contribution in [1.29, 1.82) is 0 Å². The van der Waals surface area contributed by atoms with Crippen LogP contribution in [-0.4, -0.2) is 17.8 Å². The van der Waals surface area contributed by atoms with Gasteiger partial charge in [-0.1, -0.05) is 11.6 Å². The van der Waals surface area contributed by atoms with E-state index in [9.17, 15) is 5.11 Å². The largest absolute Gasteiger partial charge is 0.496 e. The molecule has 2 nitrogen and oxygen atoms in total. The molecule has 0 unspecified atom stereocenters. The molecule has 0 aliphatic heterocycles. The van der Waals surface area contributed by atoms with E-state index >= 15 is 0 Å². The van der Waals surface area contributed by atoms with E-state index in [1.807, 2.05) is 19.9 Å². The molecule has 0 aromatic heterocycles. The van der Waals surface area contributed by atoms with Crippen molar-refractivity contribution in [3.05, 3.63) is 27.8 Å². The minimum Gasteiger partial charge on any atom is -0.496 e. The number of benzene rings is 1. The molecule has 0 amide bonds. The van der Waals surface area contributed by atoms with Crippen LogP contribution < -0.4 is 4.74 Å². The van der Waals surface area contributed by atoms with E-state index in [2.05, 4.69) is 0 Å². The number of aliphatic hydroxyl groups is 1. The Labute approximate surface area is 101 Å². The molecule has 2 rings (SSSR count). The van der Waals surface area contributed by atoms with Gasteiger partial charge in [0.05, 0.1) is 12.7 Å². The van der Waals surface area contributed by atoms with Gasteiger partial charge in [-0.3, -0.25) is 0 Å². The van der Waals surface area contributed by atoms with Crippen LogP contribution in [0.1, 0.15) is 29.5 Å². The highest BCUT2D eigenvalue weighted by Crippen LogP contribution is 2.42. The lowest BCUT2D eigenvalue weighted by atomic mass is 9.97. The van der Waals surface area contributed by atoms with Crippen LogP contribution in [0.15, 0.2) is 6.07 Å². The maximum atomic E-state index is 10.0. The molecule has 1 aromatic rings. The van der Waals surface area contributed by atoms with Crippen molar-refractivity contribution >= 4 is 11.6 Å². The molecule has 1 aromatic carbocycles. The first-order chi connectivity index (χ1) is 7.47. The maximum absolute atomic E-state index is 10.0. The molecule has 0 saturated heterocycles. The number of methoxy groups -OCH3 is 1. The summed E-state index contributed by atoms with van der Waals surface area (Å²) in [6.45, 7) is 3.95. The van der Waals surface area contributed by atoms with Gasteiger partial charge < -0.3 is 9.84 Å². The van der Waals surface area contributed by atoms with Crippen LogP contribution in [0.25, 0.3) is 0 Å². The molecular formula is C13H17ClO2. The summed E-state index contributed by atoms with van der Waals surface area (Å²) in [5.41, 5.74) is 2.57. The van der Waals surface area contributed by atoms with Crippen LogP contribution in [0, 0.1) is 13.8 Å². The summed E-state index contributed by atoms with van der Waals surface area (Å²) in [6.07, 6.45) is 2.39. The van der Waals surface area contributed by atoms with Gasteiger partial charge in [0.1, 0.15) is 5.75 Å². The topological polar surface area (TPSA) is 29.5 Å². The van der Waals surface area contributed by atoms with Gasteiger partial charge in [0.15, 0.2) is 0 Å². The van der Waals surface area contributed by atoms with Crippen LogP contribution in [0.4, 0.5) is 0 Å². The van der Waals surface area contributed by atoms with Crippen LogP contribution in [0.2, 0.25) is 5.02 Å². The van der Waals surface area contributed by atoms with Crippen molar-refractivity contribution in [1.82, 2.24) is 0 Å². The first-order valence-electron chi connectivity index (χ1n) is 5.52. The van der Waals surface area contributed by atoms with Crippen LogP contribution >= 0.6 is 11.6 Å². The monoisotopic (exact) mass is 240 g/mol. The third-order valence-electron chi connectivity index (χ3n) is 3.32. The Bertz CT molecular complexity index is 422. The molecule has 16 heavy (non-hydrogen) atoms. The average Bonchev–Trinajstić information content (AvgIpc) is 2.93. The summed E-state index contributed by atoms with van der Waals surface area (Å²) in [4.78, 5) is 0. The fourth-order valence-electron chi connectivity index (χ4n) is 2.06. The Hall–Kier alpha value is -0.730. The third kappa shape index (κ3) is 2.04. The zero-order valence-corrected chi connectivity index (χ0v) is 10.7. The second-order valence-corrected chi connectivity index (χ2v) is 5.12. The SMILES string of the molecule is COc1c(C)cc(Cl)c(C)c1CC1(O)CC1. The van der Waals surface area contributed by atoms with E-state index in [0.29, 0.717) is 6.42 Å². The molecule has 0 radical (unpaired) electrons. The fraction of sp³-hybridized carbons (Fsp3) is 0.538. The first-order valence-corrected chi connectivity index (χ1v) is 5.89. The number of halogens is 1. The molecular weight excluding hydrogens is 224 g/mol. The van der Waals surface area contributed by atoms with Crippen LogP contribution in [0.5, 0.6) is 5.75 Å². The number of hydrogen-bond acceptors (Lipinski definition) is 2. The van der Waals surface area contributed by atoms with E-state index in [-0.39, 0.29) is 0 Å². The third-order valence-corrected chi connectivity index (χ3v) is 3.72. The second kappa shape index (κ2) is 3.94. The number of hydrogen-bond donors (Lipinski definition) is 1. The van der Waals surface area contributed by atoms with E-state index < -0.39 is 5.60 Å². The van der Waals surface area contributed by atoms with E-state index in [1.165, 1.54) is 0 Å². The van der Waals surface area contributed by atoms with Crippen LogP contribution in [0.3, 0.4) is 0 Å². The van der Waals surface area contributed by atoms with Gasteiger partial charge in [0.2, 0.25) is 0 Å². The Kier molecular flexibility index (Phi) is 2.89. The highest BCUT2D eigenvalue weighted by molar-refractivity contribution is 6.31. The van der Waals surface area contributed by atoms with Gasteiger partial charge in [-0.25, -0.2) is 0 Å². The van der Waals surface area contributed by atoms with E-state index in [0.717, 1.165) is 40.3 Å². The Morgan fingerprint density at radius 2 is 2.06 bits per heavy atom. The fourth-order valence-corrected chi connectivity index (χ4v) is 2.34. The highest BCUT2D eigenvalue weighted by Gasteiger charge is 2.41. The summed E-state index contributed by atoms with van der Waals surface area (Å²) < 4.78 is 5.42. The molecule has 88 valence electrons. The zero-order chi connectivity index (χ0) is 11.9. The lowest BCUT2D eigenvalue weighted by molar-refractivity contribution is 0.149. The lowest BCUT2D eigenvalue weighted by Gasteiger charge is -2.18. The number of aryl methyl sites for hydroxylation is 1. The molecule has 0 heterocycles. The lowest BCUT2D eigenvalue weighted by Crippen LogP contribution is -2.13. The Morgan fingerprint density at radius 1 is 1.44 bits per heavy atom. The Balaban J connectivity index is 2.47. The van der Waals surface area contributed by atoms with Gasteiger partial charge >= 0.3 is 0 Å². The molecule has 0 bridgehead atoms. The summed E-state index contributed by atoms with van der Waals surface area (Å²) in [6, 6.07) is 1.91. The van der Waals surface area contributed by atoms with Gasteiger partial charge in [-0.2, -0.15) is 0 Å². The van der Waals surface area contributed by atoms with Gasteiger partial charge in [-0.05, 0) is 43.9 Å². The van der Waals surface area contributed by atoms with Gasteiger partial charge in [-0.15, -0.1) is 0 Å². The second-order valence-electron chi connectivity index (χ2n) is 4.71. The quantitative estimate of drug-likeness (QED) is 0.880. The first kappa shape index (κ1) is 11.7. The van der Waals surface area contributed by atoms with Crippen molar-refractivity contribution in [3.63, 3.8) is 0 Å². The average molecular weight is 241 g/mol. The molecule has 1 saturated carbocycles. The minimum absolute atomic E-state index is 0.519. The molecule has 3 heteroatoms. The van der Waals surface area contributed by atoms with Gasteiger partial charge in [0.25, 0.3) is 0 Å². The smallest absolute Gasteiger partial charge is 0.125 e. The van der Waals surface area contributed by atoms with Crippen molar-refractivity contribution in [2.45, 2.75) is 38.7 Å². The highest BCUT2D eigenvalue weighted by atomic mass is 35.5. The zero-order valence-electron chi connectivity index (χ0n) is 9.93. The Morgan fingerprint density at radius 3 is 2.56 bits per heavy atom. The number of ether oxygens (including phenoxy) is 1. The molecule has 1 N–H and O–H groups in total. The summed E-state index contributed by atoms with van der Waals surface area (Å²) in [5.74, 6) is 0.863. The number of rotatable bonds is 3. The normalized spacial score (nSPS) is 17.3. The minimum atomic E-state index is -0.519. The van der Waals surface area contributed by atoms with Crippen molar-refractivity contribution in [2.75, 3.05) is 7.11 Å². The molecule has 0 spiro atoms. The van der Waals surface area contributed by atoms with Crippen molar-refractivity contribution < 1.29 is 9.84 Å². The van der Waals surface area contributed by atoms with Crippen molar-refractivity contribution in [3.8, 4) is 5.75 Å². The summed E-state index contributed by atoms with van der Waals surface area (Å²) in [7, 11) is 1.66. The van der Waals surface area contributed by atoms with Gasteiger partial charge in [0, 0.05) is 17.0 Å². The molecule has 1 fully saturated rings. The van der Waals surface area contributed by atoms with E-state index in [4.69, 9.17) is 16.3 Å². The molecule has 0 atom stereocenters. The molecule has 1 aliphatic rings. The van der Waals surface area contributed by atoms with E-state index in [1.54, 1.807) is 7.11 Å². The maximum Gasteiger partial charge on any atom is 0.125 e. The molecule has 1 aliphatic carbocycles. The standard InChI is InChI=1S/C13H17ClO2/c1-8-6-11(14)9(2)10(12(8)16-3)7-13(15)4-5-13/h6,15H,4-5,7H2,1-3H3.